The van der Waals surface area contributed by atoms with Gasteiger partial charge in [-0.05, 0) is 25.1 Å². The number of urea groups is 1. The molecule has 8 heteroatoms. The number of aryl methyl sites for hydroxylation is 1. The van der Waals surface area contributed by atoms with Crippen LogP contribution in [-0.4, -0.2) is 24.0 Å². The standard InChI is InChI=1S/C20H20N4O3S/c1-13-17(18(25)21-12-14-8-6-7-11-16(14)27-2)28-20(22-13)24-19(26)23-15-9-4-3-5-10-15/h3-11H,12H2,1-2H3,(H,21,25)(H2,22,23,24,26). The van der Waals surface area contributed by atoms with Gasteiger partial charge in [0, 0.05) is 17.8 Å². The van der Waals surface area contributed by atoms with Crippen molar-refractivity contribution in [3.8, 4) is 5.75 Å². The molecule has 0 bridgehead atoms. The van der Waals surface area contributed by atoms with Crippen molar-refractivity contribution in [3.63, 3.8) is 0 Å². The number of hydrogen-bond acceptors (Lipinski definition) is 5. The molecule has 0 aliphatic heterocycles. The Morgan fingerprint density at radius 3 is 2.50 bits per heavy atom. The minimum absolute atomic E-state index is 0.252. The second kappa shape index (κ2) is 9.01. The van der Waals surface area contributed by atoms with E-state index < -0.39 is 6.03 Å². The zero-order valence-corrected chi connectivity index (χ0v) is 16.3. The van der Waals surface area contributed by atoms with Crippen molar-refractivity contribution in [2.45, 2.75) is 13.5 Å². The molecule has 3 aromatic rings. The first-order valence-corrected chi connectivity index (χ1v) is 9.39. The smallest absolute Gasteiger partial charge is 0.325 e. The van der Waals surface area contributed by atoms with E-state index in [1.54, 1.807) is 26.2 Å². The van der Waals surface area contributed by atoms with Gasteiger partial charge in [0.15, 0.2) is 5.13 Å². The second-order valence-electron chi connectivity index (χ2n) is 5.87. The van der Waals surface area contributed by atoms with Gasteiger partial charge >= 0.3 is 6.03 Å². The van der Waals surface area contributed by atoms with Crippen LogP contribution < -0.4 is 20.7 Å². The highest BCUT2D eigenvalue weighted by Crippen LogP contribution is 2.23. The van der Waals surface area contributed by atoms with Crippen LogP contribution in [0.25, 0.3) is 0 Å². The SMILES string of the molecule is COc1ccccc1CNC(=O)c1sc(NC(=O)Nc2ccccc2)nc1C. The van der Waals surface area contributed by atoms with E-state index in [0.29, 0.717) is 33.7 Å². The van der Waals surface area contributed by atoms with Crippen LogP contribution in [0.15, 0.2) is 54.6 Å². The summed E-state index contributed by atoms with van der Waals surface area (Å²) in [5, 5.41) is 8.58. The molecule has 1 aromatic heterocycles. The van der Waals surface area contributed by atoms with Crippen LogP contribution in [0.5, 0.6) is 5.75 Å². The van der Waals surface area contributed by atoms with Crippen molar-refractivity contribution in [2.24, 2.45) is 0 Å². The Morgan fingerprint density at radius 1 is 1.04 bits per heavy atom. The van der Waals surface area contributed by atoms with Crippen LogP contribution in [0.3, 0.4) is 0 Å². The van der Waals surface area contributed by atoms with Crippen molar-refractivity contribution in [3.05, 3.63) is 70.7 Å². The molecule has 3 N–H and O–H groups in total. The molecule has 3 rings (SSSR count). The van der Waals surface area contributed by atoms with Gasteiger partial charge in [0.1, 0.15) is 10.6 Å². The number of nitrogens with one attached hydrogen (secondary N) is 3. The number of ether oxygens (including phenoxy) is 1. The van der Waals surface area contributed by atoms with E-state index in [4.69, 9.17) is 4.74 Å². The van der Waals surface area contributed by atoms with E-state index in [1.165, 1.54) is 0 Å². The Labute approximate surface area is 166 Å². The molecule has 28 heavy (non-hydrogen) atoms. The number of thiazole rings is 1. The molecular formula is C20H20N4O3S. The minimum atomic E-state index is -0.416. The normalized spacial score (nSPS) is 10.2. The monoisotopic (exact) mass is 396 g/mol. The molecule has 0 saturated heterocycles. The lowest BCUT2D eigenvalue weighted by molar-refractivity contribution is 0.0954. The highest BCUT2D eigenvalue weighted by atomic mass is 32.1. The lowest BCUT2D eigenvalue weighted by Gasteiger charge is -2.09. The van der Waals surface area contributed by atoms with Crippen LogP contribution >= 0.6 is 11.3 Å². The number of amides is 3. The summed E-state index contributed by atoms with van der Waals surface area (Å²) in [6.07, 6.45) is 0. The van der Waals surface area contributed by atoms with E-state index in [2.05, 4.69) is 20.9 Å². The lowest BCUT2D eigenvalue weighted by Crippen LogP contribution is -2.22. The molecule has 1 heterocycles. The fourth-order valence-electron chi connectivity index (χ4n) is 2.55. The predicted molar refractivity (Wildman–Crippen MR) is 110 cm³/mol. The predicted octanol–water partition coefficient (Wildman–Crippen LogP) is 4.03. The average Bonchev–Trinajstić information content (AvgIpc) is 3.07. The second-order valence-corrected chi connectivity index (χ2v) is 6.87. The summed E-state index contributed by atoms with van der Waals surface area (Å²) >= 11 is 1.13. The molecule has 2 aromatic carbocycles. The molecule has 0 unspecified atom stereocenters. The molecule has 0 aliphatic carbocycles. The summed E-state index contributed by atoms with van der Waals surface area (Å²) in [7, 11) is 1.59. The molecule has 7 nitrogen and oxygen atoms in total. The summed E-state index contributed by atoms with van der Waals surface area (Å²) in [6, 6.07) is 16.1. The zero-order chi connectivity index (χ0) is 19.9. The Balaban J connectivity index is 1.61. The number of anilines is 2. The van der Waals surface area contributed by atoms with Gasteiger partial charge in [0.05, 0.1) is 12.8 Å². The molecule has 0 saturated carbocycles. The number of para-hydroxylation sites is 2. The zero-order valence-electron chi connectivity index (χ0n) is 15.5. The lowest BCUT2D eigenvalue weighted by atomic mass is 10.2. The molecule has 0 atom stereocenters. The summed E-state index contributed by atoms with van der Waals surface area (Å²) < 4.78 is 5.29. The molecule has 0 spiro atoms. The maximum absolute atomic E-state index is 12.5. The highest BCUT2D eigenvalue weighted by Gasteiger charge is 2.17. The van der Waals surface area contributed by atoms with Gasteiger partial charge in [-0.3, -0.25) is 10.1 Å². The van der Waals surface area contributed by atoms with Gasteiger partial charge in [-0.25, -0.2) is 9.78 Å². The van der Waals surface area contributed by atoms with E-state index in [0.717, 1.165) is 16.9 Å². The van der Waals surface area contributed by atoms with Crippen molar-refractivity contribution < 1.29 is 14.3 Å². The van der Waals surface area contributed by atoms with E-state index >= 15 is 0 Å². The average molecular weight is 396 g/mol. The molecular weight excluding hydrogens is 376 g/mol. The molecule has 0 fully saturated rings. The van der Waals surface area contributed by atoms with Gasteiger partial charge in [-0.2, -0.15) is 0 Å². The first-order chi connectivity index (χ1) is 13.6. The maximum atomic E-state index is 12.5. The Kier molecular flexibility index (Phi) is 6.23. The third-order valence-electron chi connectivity index (χ3n) is 3.89. The van der Waals surface area contributed by atoms with Crippen LogP contribution in [0.2, 0.25) is 0 Å². The minimum Gasteiger partial charge on any atom is -0.496 e. The van der Waals surface area contributed by atoms with Crippen molar-refractivity contribution in [2.75, 3.05) is 17.7 Å². The quantitative estimate of drug-likeness (QED) is 0.586. The van der Waals surface area contributed by atoms with Crippen molar-refractivity contribution >= 4 is 34.1 Å². The van der Waals surface area contributed by atoms with E-state index in [9.17, 15) is 9.59 Å². The fraction of sp³-hybridized carbons (Fsp3) is 0.150. The topological polar surface area (TPSA) is 92.4 Å². The summed E-state index contributed by atoms with van der Waals surface area (Å²) in [4.78, 5) is 29.3. The first kappa shape index (κ1) is 19.4. The third kappa shape index (κ3) is 4.86. The molecule has 144 valence electrons. The number of nitrogens with zero attached hydrogens (tertiary/aromatic N) is 1. The van der Waals surface area contributed by atoms with Gasteiger partial charge in [-0.15, -0.1) is 0 Å². The van der Waals surface area contributed by atoms with Crippen LogP contribution in [-0.2, 0) is 6.54 Å². The number of carbonyl (C=O) groups is 2. The van der Waals surface area contributed by atoms with Crippen molar-refractivity contribution in [1.29, 1.82) is 0 Å². The Morgan fingerprint density at radius 2 is 1.75 bits per heavy atom. The third-order valence-corrected chi connectivity index (χ3v) is 4.96. The van der Waals surface area contributed by atoms with Gasteiger partial charge < -0.3 is 15.4 Å². The summed E-state index contributed by atoms with van der Waals surface area (Å²) in [5.41, 5.74) is 2.10. The van der Waals surface area contributed by atoms with Crippen LogP contribution in [0, 0.1) is 6.92 Å². The number of benzene rings is 2. The largest absolute Gasteiger partial charge is 0.496 e. The maximum Gasteiger partial charge on any atom is 0.325 e. The highest BCUT2D eigenvalue weighted by molar-refractivity contribution is 7.17. The number of rotatable bonds is 6. The molecule has 0 aliphatic rings. The molecule has 0 radical (unpaired) electrons. The number of aromatic nitrogens is 1. The number of methoxy groups -OCH3 is 1. The van der Waals surface area contributed by atoms with Gasteiger partial charge in [0.2, 0.25) is 0 Å². The molecule has 3 amide bonds. The van der Waals surface area contributed by atoms with Gasteiger partial charge in [-0.1, -0.05) is 47.7 Å². The van der Waals surface area contributed by atoms with E-state index in [1.807, 2.05) is 42.5 Å². The summed E-state index contributed by atoms with van der Waals surface area (Å²) in [6.45, 7) is 2.06. The van der Waals surface area contributed by atoms with E-state index in [-0.39, 0.29) is 5.91 Å². The van der Waals surface area contributed by atoms with Crippen molar-refractivity contribution in [1.82, 2.24) is 10.3 Å². The number of hydrogen-bond donors (Lipinski definition) is 3. The Bertz CT molecular complexity index is 973. The Hall–Kier alpha value is -3.39. The van der Waals surface area contributed by atoms with Gasteiger partial charge in [0.25, 0.3) is 5.91 Å². The fourth-order valence-corrected chi connectivity index (χ4v) is 3.42. The summed E-state index contributed by atoms with van der Waals surface area (Å²) in [5.74, 6) is 0.459. The number of carbonyl (C=O) groups excluding carboxylic acids is 2. The van der Waals surface area contributed by atoms with Crippen LogP contribution in [0.1, 0.15) is 20.9 Å². The van der Waals surface area contributed by atoms with Crippen LogP contribution in [0.4, 0.5) is 15.6 Å². The first-order valence-electron chi connectivity index (χ1n) is 8.57.